The van der Waals surface area contributed by atoms with Crippen molar-refractivity contribution in [2.75, 3.05) is 37.5 Å². The lowest BCUT2D eigenvalue weighted by Gasteiger charge is -2.22. The minimum absolute atomic E-state index is 0.251. The van der Waals surface area contributed by atoms with E-state index in [0.29, 0.717) is 53.6 Å². The van der Waals surface area contributed by atoms with Gasteiger partial charge >= 0.3 is 0 Å². The molecule has 0 radical (unpaired) electrons. The second-order valence-electron chi connectivity index (χ2n) is 9.11. The molecule has 39 heavy (non-hydrogen) atoms. The maximum absolute atomic E-state index is 13.5. The lowest BCUT2D eigenvalue weighted by molar-refractivity contribution is 0.0988. The Balaban J connectivity index is 1.57. The average Bonchev–Trinajstić information content (AvgIpc) is 2.97. The van der Waals surface area contributed by atoms with Crippen molar-refractivity contribution >= 4 is 23.2 Å². The Hall–Kier alpha value is -4.62. The van der Waals surface area contributed by atoms with E-state index in [2.05, 4.69) is 5.32 Å². The summed E-state index contributed by atoms with van der Waals surface area (Å²) in [7, 11) is 3.18. The molecule has 4 aromatic rings. The number of para-hydroxylation sites is 2. The van der Waals surface area contributed by atoms with Crippen molar-refractivity contribution in [3.05, 3.63) is 108 Å². The Morgan fingerprint density at radius 3 is 2.36 bits per heavy atom. The van der Waals surface area contributed by atoms with Crippen LogP contribution in [0.2, 0.25) is 0 Å². The van der Waals surface area contributed by atoms with Gasteiger partial charge in [0.1, 0.15) is 11.5 Å². The number of nitrogens with one attached hydrogen (secondary N) is 1. The quantitative estimate of drug-likeness (QED) is 0.251. The van der Waals surface area contributed by atoms with Crippen LogP contribution in [0.1, 0.15) is 32.7 Å². The molecule has 7 heteroatoms. The third-order valence-electron chi connectivity index (χ3n) is 6.33. The largest absolute Gasteiger partial charge is 0.496 e. The fourth-order valence-corrected chi connectivity index (χ4v) is 4.27. The van der Waals surface area contributed by atoms with Crippen LogP contribution in [0.15, 0.2) is 91.0 Å². The first-order chi connectivity index (χ1) is 18.9. The lowest BCUT2D eigenvalue weighted by atomic mass is 9.97. The SMILES string of the molecule is COc1cc(NC(=O)c2cc(C)ccc2-c2ccccc2)ccc1C(=O)N(C)c1ccccc1OCCCN. The number of ether oxygens (including phenoxy) is 2. The minimum Gasteiger partial charge on any atom is -0.496 e. The predicted octanol–water partition coefficient (Wildman–Crippen LogP) is 5.93. The summed E-state index contributed by atoms with van der Waals surface area (Å²) >= 11 is 0. The topological polar surface area (TPSA) is 93.9 Å². The molecule has 0 unspecified atom stereocenters. The Morgan fingerprint density at radius 1 is 0.872 bits per heavy atom. The van der Waals surface area contributed by atoms with E-state index in [0.717, 1.165) is 16.7 Å². The van der Waals surface area contributed by atoms with E-state index < -0.39 is 0 Å². The van der Waals surface area contributed by atoms with Crippen molar-refractivity contribution in [3.63, 3.8) is 0 Å². The molecule has 0 saturated heterocycles. The number of nitrogens with two attached hydrogens (primary N) is 1. The Labute approximate surface area is 229 Å². The molecule has 0 spiro atoms. The summed E-state index contributed by atoms with van der Waals surface area (Å²) in [6, 6.07) is 27.9. The van der Waals surface area contributed by atoms with Gasteiger partial charge in [-0.3, -0.25) is 9.59 Å². The first kappa shape index (κ1) is 27.4. The molecule has 4 aromatic carbocycles. The van der Waals surface area contributed by atoms with Crippen molar-refractivity contribution in [1.29, 1.82) is 0 Å². The van der Waals surface area contributed by atoms with E-state index in [9.17, 15) is 9.59 Å². The van der Waals surface area contributed by atoms with Gasteiger partial charge in [-0.1, -0.05) is 60.2 Å². The molecule has 0 heterocycles. The number of amides is 2. The highest BCUT2D eigenvalue weighted by molar-refractivity contribution is 6.11. The molecule has 0 atom stereocenters. The number of carbonyl (C=O) groups is 2. The van der Waals surface area contributed by atoms with Crippen LogP contribution < -0.4 is 25.4 Å². The number of nitrogens with zero attached hydrogens (tertiary/aromatic N) is 1. The zero-order valence-electron chi connectivity index (χ0n) is 22.4. The fraction of sp³-hybridized carbons (Fsp3) is 0.188. The zero-order chi connectivity index (χ0) is 27.8. The summed E-state index contributed by atoms with van der Waals surface area (Å²) < 4.78 is 11.4. The van der Waals surface area contributed by atoms with Crippen LogP contribution in [0.3, 0.4) is 0 Å². The second kappa shape index (κ2) is 12.8. The molecule has 0 aromatic heterocycles. The maximum Gasteiger partial charge on any atom is 0.261 e. The molecule has 0 aliphatic rings. The molecule has 200 valence electrons. The second-order valence-corrected chi connectivity index (χ2v) is 9.11. The summed E-state index contributed by atoms with van der Waals surface area (Å²) in [5.74, 6) is 0.416. The van der Waals surface area contributed by atoms with E-state index in [4.69, 9.17) is 15.2 Å². The van der Waals surface area contributed by atoms with Crippen LogP contribution in [0.5, 0.6) is 11.5 Å². The third-order valence-corrected chi connectivity index (χ3v) is 6.33. The van der Waals surface area contributed by atoms with Gasteiger partial charge in [0, 0.05) is 24.4 Å². The smallest absolute Gasteiger partial charge is 0.261 e. The van der Waals surface area contributed by atoms with Gasteiger partial charge in [0.05, 0.1) is 25.0 Å². The van der Waals surface area contributed by atoms with Gasteiger partial charge in [0.25, 0.3) is 11.8 Å². The van der Waals surface area contributed by atoms with Gasteiger partial charge in [-0.15, -0.1) is 0 Å². The van der Waals surface area contributed by atoms with Gasteiger partial charge < -0.3 is 25.4 Å². The van der Waals surface area contributed by atoms with Gasteiger partial charge in [-0.2, -0.15) is 0 Å². The normalized spacial score (nSPS) is 10.6. The van der Waals surface area contributed by atoms with Crippen molar-refractivity contribution < 1.29 is 19.1 Å². The van der Waals surface area contributed by atoms with Gasteiger partial charge in [0.2, 0.25) is 0 Å². The van der Waals surface area contributed by atoms with Crippen LogP contribution in [-0.2, 0) is 0 Å². The first-order valence-corrected chi connectivity index (χ1v) is 12.8. The Morgan fingerprint density at radius 2 is 1.62 bits per heavy atom. The predicted molar refractivity (Wildman–Crippen MR) is 156 cm³/mol. The molecule has 0 saturated carbocycles. The van der Waals surface area contributed by atoms with Crippen molar-refractivity contribution in [2.24, 2.45) is 5.73 Å². The van der Waals surface area contributed by atoms with Crippen LogP contribution in [0.25, 0.3) is 11.1 Å². The molecule has 0 aliphatic carbocycles. The number of anilines is 2. The van der Waals surface area contributed by atoms with E-state index in [1.54, 1.807) is 25.2 Å². The molecule has 3 N–H and O–H groups in total. The summed E-state index contributed by atoms with van der Waals surface area (Å²) in [5, 5.41) is 2.96. The van der Waals surface area contributed by atoms with Crippen molar-refractivity contribution in [2.45, 2.75) is 13.3 Å². The zero-order valence-corrected chi connectivity index (χ0v) is 22.4. The lowest BCUT2D eigenvalue weighted by Crippen LogP contribution is -2.27. The van der Waals surface area contributed by atoms with E-state index in [1.165, 1.54) is 12.0 Å². The average molecular weight is 524 g/mol. The van der Waals surface area contributed by atoms with Gasteiger partial charge in [-0.05, 0) is 61.3 Å². The number of aryl methyl sites for hydroxylation is 1. The van der Waals surface area contributed by atoms with E-state index in [1.807, 2.05) is 79.7 Å². The number of rotatable bonds is 10. The molecular weight excluding hydrogens is 490 g/mol. The van der Waals surface area contributed by atoms with Gasteiger partial charge in [0.15, 0.2) is 0 Å². The van der Waals surface area contributed by atoms with E-state index >= 15 is 0 Å². The third kappa shape index (κ3) is 6.45. The van der Waals surface area contributed by atoms with Crippen LogP contribution in [-0.4, -0.2) is 39.1 Å². The summed E-state index contributed by atoms with van der Waals surface area (Å²) in [5.41, 5.74) is 10.4. The fourth-order valence-electron chi connectivity index (χ4n) is 4.27. The standard InChI is InChI=1S/C32H33N3O4/c1-22-14-16-25(23-10-5-4-6-11-23)27(20-22)31(36)34-24-15-17-26(30(21-24)38-3)32(37)35(2)28-12-7-8-13-29(28)39-19-9-18-33/h4-8,10-17,20-21H,9,18-19,33H2,1-3H3,(H,34,36). The highest BCUT2D eigenvalue weighted by Gasteiger charge is 2.22. The van der Waals surface area contributed by atoms with Crippen LogP contribution in [0.4, 0.5) is 11.4 Å². The molecular formula is C32H33N3O4. The Bertz CT molecular complexity index is 1450. The van der Waals surface area contributed by atoms with E-state index in [-0.39, 0.29) is 11.8 Å². The number of carbonyl (C=O) groups excluding carboxylic acids is 2. The molecule has 7 nitrogen and oxygen atoms in total. The number of hydrogen-bond acceptors (Lipinski definition) is 5. The number of methoxy groups -OCH3 is 1. The first-order valence-electron chi connectivity index (χ1n) is 12.8. The maximum atomic E-state index is 13.5. The van der Waals surface area contributed by atoms with Crippen LogP contribution >= 0.6 is 0 Å². The van der Waals surface area contributed by atoms with Crippen LogP contribution in [0, 0.1) is 6.92 Å². The number of hydrogen-bond donors (Lipinski definition) is 2. The Kier molecular flexibility index (Phi) is 8.97. The highest BCUT2D eigenvalue weighted by Crippen LogP contribution is 2.32. The highest BCUT2D eigenvalue weighted by atomic mass is 16.5. The molecule has 4 rings (SSSR count). The molecule has 0 aliphatic heterocycles. The molecule has 0 bridgehead atoms. The summed E-state index contributed by atoms with van der Waals surface area (Å²) in [6.07, 6.45) is 0.711. The molecule has 0 fully saturated rings. The monoisotopic (exact) mass is 523 g/mol. The minimum atomic E-state index is -0.273. The summed E-state index contributed by atoms with van der Waals surface area (Å²) in [4.78, 5) is 28.4. The molecule has 2 amide bonds. The summed E-state index contributed by atoms with van der Waals surface area (Å²) in [6.45, 7) is 2.93. The number of benzene rings is 4. The van der Waals surface area contributed by atoms with Crippen molar-refractivity contribution in [1.82, 2.24) is 0 Å². The van der Waals surface area contributed by atoms with Crippen molar-refractivity contribution in [3.8, 4) is 22.6 Å². The van der Waals surface area contributed by atoms with Gasteiger partial charge in [-0.25, -0.2) is 0 Å².